The van der Waals surface area contributed by atoms with Crippen molar-refractivity contribution in [1.29, 1.82) is 0 Å². The monoisotopic (exact) mass is 515 g/mol. The number of rotatable bonds is 18. The van der Waals surface area contributed by atoms with Crippen LogP contribution in [0, 0.1) is 29.6 Å². The second kappa shape index (κ2) is 16.4. The van der Waals surface area contributed by atoms with Crippen LogP contribution in [0.5, 0.6) is 0 Å². The minimum atomic E-state index is 0.0249. The first-order valence-electron chi connectivity index (χ1n) is 16.8. The maximum atomic E-state index is 7.11. The summed E-state index contributed by atoms with van der Waals surface area (Å²) in [6, 6.07) is 0. The zero-order chi connectivity index (χ0) is 27.4. The lowest BCUT2D eigenvalue weighted by atomic mass is 9.68. The lowest BCUT2D eigenvalue weighted by Crippen LogP contribution is -2.37. The number of ether oxygens (including phenoxy) is 1. The van der Waals surface area contributed by atoms with E-state index in [9.17, 15) is 0 Å². The van der Waals surface area contributed by atoms with Crippen LogP contribution in [0.4, 0.5) is 0 Å². The maximum Gasteiger partial charge on any atom is 0.122 e. The average molecular weight is 515 g/mol. The van der Waals surface area contributed by atoms with Crippen LogP contribution in [0.15, 0.2) is 22.5 Å². The van der Waals surface area contributed by atoms with Crippen molar-refractivity contribution in [1.82, 2.24) is 0 Å². The molecule has 1 heterocycles. The van der Waals surface area contributed by atoms with E-state index in [1.807, 2.05) is 0 Å². The number of allylic oxidation sites excluding steroid dienone is 3. The van der Waals surface area contributed by atoms with Gasteiger partial charge in [0.15, 0.2) is 0 Å². The van der Waals surface area contributed by atoms with E-state index in [0.29, 0.717) is 11.8 Å². The molecule has 0 bridgehead atoms. The van der Waals surface area contributed by atoms with Gasteiger partial charge >= 0.3 is 0 Å². The van der Waals surface area contributed by atoms with Crippen LogP contribution in [0.1, 0.15) is 171 Å². The Kier molecular flexibility index (Phi) is 14.4. The Morgan fingerprint density at radius 3 is 1.92 bits per heavy atom. The first-order valence-corrected chi connectivity index (χ1v) is 16.8. The Morgan fingerprint density at radius 1 is 0.784 bits per heavy atom. The average Bonchev–Trinajstić information content (AvgIpc) is 2.83. The topological polar surface area (TPSA) is 9.23 Å². The Labute approximate surface area is 233 Å². The molecule has 2 aliphatic rings. The van der Waals surface area contributed by atoms with Crippen LogP contribution < -0.4 is 0 Å². The van der Waals surface area contributed by atoms with Crippen LogP contribution in [0.2, 0.25) is 0 Å². The molecule has 1 saturated heterocycles. The summed E-state index contributed by atoms with van der Waals surface area (Å²) in [4.78, 5) is 0. The molecule has 0 saturated carbocycles. The van der Waals surface area contributed by atoms with Crippen molar-refractivity contribution in [3.63, 3.8) is 0 Å². The van der Waals surface area contributed by atoms with Gasteiger partial charge in [-0.3, -0.25) is 0 Å². The van der Waals surface area contributed by atoms with Gasteiger partial charge in [0.1, 0.15) is 11.4 Å². The molecular weight excluding hydrogens is 448 g/mol. The molecule has 1 heteroatoms. The van der Waals surface area contributed by atoms with Gasteiger partial charge in [-0.15, -0.1) is 0 Å². The molecule has 5 unspecified atom stereocenters. The van der Waals surface area contributed by atoms with Gasteiger partial charge in [-0.05, 0) is 92.6 Å². The summed E-state index contributed by atoms with van der Waals surface area (Å²) in [5.74, 6) is 5.38. The fourth-order valence-electron chi connectivity index (χ4n) is 7.35. The van der Waals surface area contributed by atoms with Gasteiger partial charge in [0.05, 0.1) is 0 Å². The summed E-state index contributed by atoms with van der Waals surface area (Å²) in [5, 5.41) is 0. The molecule has 0 aromatic rings. The highest BCUT2D eigenvalue weighted by Gasteiger charge is 2.41. The quantitative estimate of drug-likeness (QED) is 0.177. The summed E-state index contributed by atoms with van der Waals surface area (Å²) < 4.78 is 7.11. The van der Waals surface area contributed by atoms with Gasteiger partial charge in [-0.25, -0.2) is 0 Å². The van der Waals surface area contributed by atoms with E-state index in [2.05, 4.69) is 62.3 Å². The maximum absolute atomic E-state index is 7.11. The van der Waals surface area contributed by atoms with Gasteiger partial charge in [0.25, 0.3) is 0 Å². The van der Waals surface area contributed by atoms with E-state index >= 15 is 0 Å². The van der Waals surface area contributed by atoms with E-state index in [1.165, 1.54) is 115 Å². The first kappa shape index (κ1) is 32.5. The third kappa shape index (κ3) is 10.1. The van der Waals surface area contributed by atoms with Crippen molar-refractivity contribution in [3.05, 3.63) is 22.5 Å². The first-order chi connectivity index (χ1) is 17.7. The molecule has 216 valence electrons. The van der Waals surface area contributed by atoms with E-state index < -0.39 is 0 Å². The Morgan fingerprint density at radius 2 is 1.35 bits per heavy atom. The zero-order valence-corrected chi connectivity index (χ0v) is 26.8. The molecule has 1 fully saturated rings. The standard InChI is InChI=1S/C36H66O/c1-10-16-31-30(8)32(17-11-2)34-24-26-36(9,37-35(34)33(31)18-12-3)25-15-23-29(7)22-14-21-28(6)20-13-19-27(4)5/h27-31H,10-26H2,1-9H3. The van der Waals surface area contributed by atoms with E-state index in [-0.39, 0.29) is 5.60 Å². The van der Waals surface area contributed by atoms with Crippen molar-refractivity contribution in [3.8, 4) is 0 Å². The third-order valence-electron chi connectivity index (χ3n) is 9.72. The Balaban J connectivity index is 1.93. The summed E-state index contributed by atoms with van der Waals surface area (Å²) in [7, 11) is 0. The fourth-order valence-corrected chi connectivity index (χ4v) is 7.35. The predicted octanol–water partition coefficient (Wildman–Crippen LogP) is 12.2. The van der Waals surface area contributed by atoms with Gasteiger partial charge in [0.2, 0.25) is 0 Å². The number of hydrogen-bond donors (Lipinski definition) is 0. The zero-order valence-electron chi connectivity index (χ0n) is 26.8. The van der Waals surface area contributed by atoms with Crippen molar-refractivity contribution >= 4 is 0 Å². The Hall–Kier alpha value is -0.720. The predicted molar refractivity (Wildman–Crippen MR) is 165 cm³/mol. The SMILES string of the molecule is CCCC1=C2CCC(C)(CCCC(C)CCCC(C)CCCC(C)C)OC2=C(CCC)C(CCC)C1C. The van der Waals surface area contributed by atoms with Gasteiger partial charge in [0, 0.05) is 0 Å². The van der Waals surface area contributed by atoms with Crippen LogP contribution in [0.25, 0.3) is 0 Å². The molecule has 0 radical (unpaired) electrons. The molecule has 2 rings (SSSR count). The number of hydrogen-bond acceptors (Lipinski definition) is 1. The molecule has 1 aliphatic carbocycles. The highest BCUT2D eigenvalue weighted by atomic mass is 16.5. The highest BCUT2D eigenvalue weighted by Crippen LogP contribution is 2.50. The van der Waals surface area contributed by atoms with Crippen LogP contribution in [-0.2, 0) is 4.74 Å². The molecule has 0 aromatic carbocycles. The highest BCUT2D eigenvalue weighted by molar-refractivity contribution is 5.44. The van der Waals surface area contributed by atoms with Gasteiger partial charge < -0.3 is 4.74 Å². The molecule has 5 atom stereocenters. The fraction of sp³-hybridized carbons (Fsp3) is 0.889. The van der Waals surface area contributed by atoms with E-state index in [4.69, 9.17) is 4.74 Å². The van der Waals surface area contributed by atoms with Crippen molar-refractivity contribution in [2.75, 3.05) is 0 Å². The third-order valence-corrected chi connectivity index (χ3v) is 9.72. The minimum absolute atomic E-state index is 0.0249. The van der Waals surface area contributed by atoms with E-state index in [1.54, 1.807) is 16.7 Å². The normalized spacial score (nSPS) is 25.9. The molecule has 0 amide bonds. The summed E-state index contributed by atoms with van der Waals surface area (Å²) >= 11 is 0. The van der Waals surface area contributed by atoms with Crippen molar-refractivity contribution < 1.29 is 4.74 Å². The number of fused-ring (bicyclic) bond motifs is 1. The molecule has 0 spiro atoms. The molecule has 37 heavy (non-hydrogen) atoms. The van der Waals surface area contributed by atoms with Gasteiger partial charge in [-0.2, -0.15) is 0 Å². The van der Waals surface area contributed by atoms with Crippen molar-refractivity contribution in [2.45, 2.75) is 177 Å². The lowest BCUT2D eigenvalue weighted by Gasteiger charge is -2.45. The second-order valence-electron chi connectivity index (χ2n) is 14.0. The lowest BCUT2D eigenvalue weighted by molar-refractivity contribution is -0.0163. The minimum Gasteiger partial charge on any atom is -0.487 e. The summed E-state index contributed by atoms with van der Waals surface area (Å²) in [6.45, 7) is 21.7. The van der Waals surface area contributed by atoms with Crippen LogP contribution in [-0.4, -0.2) is 5.60 Å². The smallest absolute Gasteiger partial charge is 0.122 e. The molecule has 1 aliphatic heterocycles. The summed E-state index contributed by atoms with van der Waals surface area (Å²) in [5.41, 5.74) is 5.06. The second-order valence-corrected chi connectivity index (χ2v) is 14.0. The van der Waals surface area contributed by atoms with Gasteiger partial charge in [-0.1, -0.05) is 125 Å². The van der Waals surface area contributed by atoms with Crippen molar-refractivity contribution in [2.24, 2.45) is 29.6 Å². The molecular formula is C36H66O. The molecule has 0 N–H and O–H groups in total. The van der Waals surface area contributed by atoms with Crippen LogP contribution >= 0.6 is 0 Å². The molecule has 1 nitrogen and oxygen atoms in total. The van der Waals surface area contributed by atoms with E-state index in [0.717, 1.165) is 17.8 Å². The summed E-state index contributed by atoms with van der Waals surface area (Å²) in [6.07, 6.45) is 22.4. The Bertz CT molecular complexity index is 712. The molecule has 0 aromatic heterocycles. The largest absolute Gasteiger partial charge is 0.487 e. The van der Waals surface area contributed by atoms with Crippen LogP contribution in [0.3, 0.4) is 0 Å².